The Hall–Kier alpha value is -2.22. The molecule has 9 aliphatic rings. The number of aliphatic hydroxyl groups excluding tert-OH is 1. The Morgan fingerprint density at radius 3 is 1.67 bits per heavy atom. The van der Waals surface area contributed by atoms with Gasteiger partial charge >= 0.3 is 11.9 Å². The van der Waals surface area contributed by atoms with Gasteiger partial charge in [0.05, 0.1) is 26.4 Å². The van der Waals surface area contributed by atoms with Crippen LogP contribution in [-0.2, 0) is 28.5 Å². The van der Waals surface area contributed by atoms with Crippen LogP contribution in [0, 0.1) is 69.0 Å². The third-order valence-electron chi connectivity index (χ3n) is 21.3. The molecule has 1 N–H and O–H groups in total. The fraction of sp³-hybridized carbons (Fsp3) is 0.831. The molecule has 6 saturated carbocycles. The van der Waals surface area contributed by atoms with Crippen LogP contribution in [0.5, 0.6) is 0 Å². The lowest BCUT2D eigenvalue weighted by Gasteiger charge is -2.58. The van der Waals surface area contributed by atoms with Gasteiger partial charge in [-0.2, -0.15) is 0 Å². The smallest absolute Gasteiger partial charge is 0.305 e. The van der Waals surface area contributed by atoms with E-state index in [0.29, 0.717) is 52.4 Å². The van der Waals surface area contributed by atoms with Crippen LogP contribution in [-0.4, -0.2) is 56.4 Å². The van der Waals surface area contributed by atoms with Gasteiger partial charge in [0.1, 0.15) is 0 Å². The molecule has 0 amide bonds. The van der Waals surface area contributed by atoms with Crippen LogP contribution in [0.3, 0.4) is 0 Å². The van der Waals surface area contributed by atoms with E-state index >= 15 is 0 Å². The average Bonchev–Trinajstić information content (AvgIpc) is 3.86. The highest BCUT2D eigenvalue weighted by molar-refractivity contribution is 5.69. The predicted octanol–water partition coefficient (Wildman–Crippen LogP) is 14.0. The van der Waals surface area contributed by atoms with Crippen molar-refractivity contribution in [2.45, 2.75) is 221 Å². The normalized spacial score (nSPS) is 43.0. The van der Waals surface area contributed by atoms with Crippen LogP contribution < -0.4 is 0 Å². The summed E-state index contributed by atoms with van der Waals surface area (Å²) in [5.74, 6) is 6.22. The number of hydrogen-bond donors (Lipinski definition) is 1. The summed E-state index contributed by atoms with van der Waals surface area (Å²) in [5.41, 5.74) is 7.98. The van der Waals surface area contributed by atoms with Crippen molar-refractivity contribution in [3.63, 3.8) is 0 Å². The Kier molecular flexibility index (Phi) is 16.0. The third-order valence-corrected chi connectivity index (χ3v) is 21.3. The Labute approximate surface area is 401 Å². The van der Waals surface area contributed by atoms with Gasteiger partial charge in [0.2, 0.25) is 0 Å². The SMILES string of the molecule is COC(=O)CCC/C=C(\C)[C@H]1CCC2C3CC=C4C[C@@H](O)CC[C@]4(C)C3CC[C@@]21C.COC(=O)CCC/C=C(\C)[C@H]1CCC2C3CC=C4C[C@@H](OC5CCCCO5)CC[C@]4(C)C3CC[C@@]21C. The first-order valence-electron chi connectivity index (χ1n) is 27.5. The van der Waals surface area contributed by atoms with E-state index < -0.39 is 0 Å². The number of carbonyl (C=O) groups is 2. The topological polar surface area (TPSA) is 91.3 Å². The number of hydrogen-bond acceptors (Lipinski definition) is 7. The molecule has 0 aromatic heterocycles. The second-order valence-corrected chi connectivity index (χ2v) is 24.4. The third kappa shape index (κ3) is 9.91. The maximum Gasteiger partial charge on any atom is 0.305 e. The van der Waals surface area contributed by atoms with Crippen molar-refractivity contribution >= 4 is 11.9 Å². The largest absolute Gasteiger partial charge is 0.469 e. The summed E-state index contributed by atoms with van der Waals surface area (Å²) in [4.78, 5) is 22.8. The Morgan fingerprint density at radius 2 is 1.17 bits per heavy atom. The Bertz CT molecular complexity index is 1840. The molecule has 0 aromatic rings. The number of ether oxygens (including phenoxy) is 4. The van der Waals surface area contributed by atoms with Gasteiger partial charge in [-0.1, -0.05) is 74.3 Å². The second-order valence-electron chi connectivity index (χ2n) is 24.4. The first kappa shape index (κ1) is 50.2. The summed E-state index contributed by atoms with van der Waals surface area (Å²) in [7, 11) is 2.95. The first-order chi connectivity index (χ1) is 31.6. The van der Waals surface area contributed by atoms with Crippen LogP contribution in [0.2, 0.25) is 0 Å². The molecule has 1 heterocycles. The summed E-state index contributed by atoms with van der Waals surface area (Å²) < 4.78 is 21.9. The van der Waals surface area contributed by atoms with Crippen molar-refractivity contribution in [2.75, 3.05) is 20.8 Å². The predicted molar refractivity (Wildman–Crippen MR) is 264 cm³/mol. The zero-order valence-corrected chi connectivity index (χ0v) is 42.9. The molecule has 7 fully saturated rings. The maximum absolute atomic E-state index is 11.5. The molecule has 0 aromatic carbocycles. The van der Waals surface area contributed by atoms with Gasteiger partial charge in [-0.3, -0.25) is 9.59 Å². The van der Waals surface area contributed by atoms with Gasteiger partial charge < -0.3 is 24.1 Å². The van der Waals surface area contributed by atoms with Gasteiger partial charge in [-0.25, -0.2) is 0 Å². The minimum absolute atomic E-state index is 0.0348. The molecular formula is C59H92O7. The van der Waals surface area contributed by atoms with Gasteiger partial charge in [0, 0.05) is 19.4 Å². The highest BCUT2D eigenvalue weighted by Gasteiger charge is 2.60. The highest BCUT2D eigenvalue weighted by atomic mass is 16.7. The molecule has 66 heavy (non-hydrogen) atoms. The number of aliphatic hydroxyl groups is 1. The molecule has 9 rings (SSSR count). The molecule has 1 saturated heterocycles. The van der Waals surface area contributed by atoms with Crippen molar-refractivity contribution in [2.24, 2.45) is 69.0 Å². The van der Waals surface area contributed by atoms with E-state index in [2.05, 4.69) is 65.8 Å². The van der Waals surface area contributed by atoms with Crippen molar-refractivity contribution in [3.05, 3.63) is 46.6 Å². The summed E-state index contributed by atoms with van der Waals surface area (Å²) in [6.07, 6.45) is 38.7. The maximum atomic E-state index is 11.5. The van der Waals surface area contributed by atoms with E-state index in [-0.39, 0.29) is 24.3 Å². The van der Waals surface area contributed by atoms with Crippen LogP contribution in [0.4, 0.5) is 0 Å². The highest BCUT2D eigenvalue weighted by Crippen LogP contribution is 2.69. The molecule has 15 atom stereocenters. The second kappa shape index (κ2) is 21.0. The van der Waals surface area contributed by atoms with Crippen LogP contribution >= 0.6 is 0 Å². The van der Waals surface area contributed by atoms with Crippen molar-refractivity contribution in [1.82, 2.24) is 0 Å². The minimum atomic E-state index is -0.113. The lowest BCUT2D eigenvalue weighted by atomic mass is 9.47. The van der Waals surface area contributed by atoms with Gasteiger partial charge in [-0.05, 0) is 231 Å². The number of carbonyl (C=O) groups excluding carboxylic acids is 2. The quantitative estimate of drug-likeness (QED) is 0.118. The standard InChI is InChI=1S/C32H50O4.C27H42O3/c1-22(9-5-6-10-29(33)34-4)26-14-15-27-25-13-12-23-21-24(36-30-11-7-8-20-35-30)16-18-31(23,2)28(25)17-19-32(26,27)3;1-18(7-5-6-8-25(29)30-4)22-11-12-23-21-10-9-19-17-20(28)13-15-26(19,2)24(21)14-16-27(22,23)3/h9,12,24-28,30H,5-8,10-11,13-21H2,1-4H3;7,9,20-24,28H,5-6,8,10-17H2,1-4H3/b22-9+;18-7+/t24-,25?,26+,27?,28?,30?,31-,32+;20-,21?,22+,23?,24?,26-,27+/m00/s1. The number of methoxy groups -OCH3 is 2. The molecule has 0 bridgehead atoms. The Morgan fingerprint density at radius 1 is 0.652 bits per heavy atom. The Balaban J connectivity index is 0.000000182. The molecule has 1 aliphatic heterocycles. The van der Waals surface area contributed by atoms with E-state index in [1.54, 1.807) is 22.3 Å². The fourth-order valence-corrected chi connectivity index (χ4v) is 17.6. The summed E-state index contributed by atoms with van der Waals surface area (Å²) in [5, 5.41) is 10.2. The minimum Gasteiger partial charge on any atom is -0.469 e. The molecule has 370 valence electrons. The van der Waals surface area contributed by atoms with Crippen LogP contribution in [0.15, 0.2) is 46.6 Å². The molecule has 7 nitrogen and oxygen atoms in total. The van der Waals surface area contributed by atoms with E-state index in [0.717, 1.165) is 93.5 Å². The number of rotatable bonds is 12. The van der Waals surface area contributed by atoms with Crippen LogP contribution in [0.1, 0.15) is 202 Å². The molecule has 8 aliphatic carbocycles. The molecule has 7 unspecified atom stereocenters. The zero-order chi connectivity index (χ0) is 46.9. The summed E-state index contributed by atoms with van der Waals surface area (Å²) in [6, 6.07) is 0. The van der Waals surface area contributed by atoms with E-state index in [1.165, 1.54) is 111 Å². The van der Waals surface area contributed by atoms with Gasteiger partial charge in [0.15, 0.2) is 6.29 Å². The van der Waals surface area contributed by atoms with Gasteiger partial charge in [0.25, 0.3) is 0 Å². The first-order valence-corrected chi connectivity index (χ1v) is 27.5. The number of unbranched alkanes of at least 4 members (excludes halogenated alkanes) is 2. The molecule has 0 radical (unpaired) electrons. The van der Waals surface area contributed by atoms with Crippen LogP contribution in [0.25, 0.3) is 0 Å². The molecule has 7 heteroatoms. The monoisotopic (exact) mass is 913 g/mol. The molecular weight excluding hydrogens is 821 g/mol. The molecule has 0 spiro atoms. The van der Waals surface area contributed by atoms with Crippen molar-refractivity contribution < 1.29 is 33.6 Å². The zero-order valence-electron chi connectivity index (χ0n) is 42.9. The summed E-state index contributed by atoms with van der Waals surface area (Å²) >= 11 is 0. The van der Waals surface area contributed by atoms with E-state index in [4.69, 9.17) is 18.9 Å². The van der Waals surface area contributed by atoms with E-state index in [1.807, 2.05) is 0 Å². The van der Waals surface area contributed by atoms with E-state index in [9.17, 15) is 14.7 Å². The average molecular weight is 913 g/mol. The fourth-order valence-electron chi connectivity index (χ4n) is 17.6. The van der Waals surface area contributed by atoms with Crippen molar-refractivity contribution in [3.8, 4) is 0 Å². The number of allylic oxidation sites excluding steroid dienone is 6. The number of fused-ring (bicyclic) bond motifs is 10. The lowest BCUT2D eigenvalue weighted by molar-refractivity contribution is -0.195. The summed E-state index contributed by atoms with van der Waals surface area (Å²) in [6.45, 7) is 15.9. The van der Waals surface area contributed by atoms with Gasteiger partial charge in [-0.15, -0.1) is 0 Å². The number of esters is 2. The van der Waals surface area contributed by atoms with Crippen molar-refractivity contribution in [1.29, 1.82) is 0 Å². The lowest BCUT2D eigenvalue weighted by Crippen LogP contribution is -2.50.